The summed E-state index contributed by atoms with van der Waals surface area (Å²) in [6, 6.07) is -1.05. The first-order valence-electron chi connectivity index (χ1n) is 27.8. The zero-order valence-corrected chi connectivity index (χ0v) is 44.3. The number of rotatable bonds is 44. The van der Waals surface area contributed by atoms with Gasteiger partial charge in [0.25, 0.3) is 0 Å². The Morgan fingerprint density at radius 1 is 0.563 bits per heavy atom. The summed E-state index contributed by atoms with van der Waals surface area (Å²) in [6.45, 7) is 5.54. The molecule has 0 aliphatic carbocycles. The van der Waals surface area contributed by atoms with Gasteiger partial charge >= 0.3 is 5.97 Å². The third kappa shape index (κ3) is 36.0. The molecule has 1 heterocycles. The molecule has 11 nitrogen and oxygen atoms in total. The van der Waals surface area contributed by atoms with Crippen LogP contribution in [-0.2, 0) is 23.8 Å². The monoisotopic (exact) mass is 994 g/mol. The van der Waals surface area contributed by atoms with Gasteiger partial charge in [-0.2, -0.15) is 0 Å². The average molecular weight is 994 g/mol. The molecule has 0 aromatic rings. The maximum absolute atomic E-state index is 13.3. The Morgan fingerprint density at radius 2 is 1.01 bits per heavy atom. The van der Waals surface area contributed by atoms with Crippen molar-refractivity contribution in [3.05, 3.63) is 109 Å². The van der Waals surface area contributed by atoms with Gasteiger partial charge in [0.2, 0.25) is 5.91 Å². The van der Waals surface area contributed by atoms with Crippen molar-refractivity contribution in [1.82, 2.24) is 5.32 Å². The first-order valence-corrected chi connectivity index (χ1v) is 27.8. The number of hydrogen-bond acceptors (Lipinski definition) is 10. The first-order chi connectivity index (χ1) is 34.7. The molecule has 8 atom stereocenters. The highest BCUT2D eigenvalue weighted by Gasteiger charge is 2.47. The van der Waals surface area contributed by atoms with Gasteiger partial charge in [-0.15, -0.1) is 0 Å². The quantitative estimate of drug-likeness (QED) is 0.0149. The number of carbonyl (C=O) groups is 2. The number of amides is 1. The molecule has 0 radical (unpaired) electrons. The van der Waals surface area contributed by atoms with Crippen molar-refractivity contribution in [1.29, 1.82) is 0 Å². The molecular formula is C60H99NO10. The van der Waals surface area contributed by atoms with Gasteiger partial charge in [0.1, 0.15) is 24.4 Å². The van der Waals surface area contributed by atoms with E-state index < -0.39 is 67.4 Å². The minimum atomic E-state index is -1.64. The van der Waals surface area contributed by atoms with Crippen molar-refractivity contribution < 1.29 is 49.3 Å². The van der Waals surface area contributed by atoms with Crippen molar-refractivity contribution in [3.8, 4) is 0 Å². The Bertz CT molecular complexity index is 1560. The molecule has 1 amide bonds. The molecule has 1 rings (SSSR count). The summed E-state index contributed by atoms with van der Waals surface area (Å²) < 4.78 is 17.5. The number of ether oxygens (including phenoxy) is 3. The molecule has 0 saturated carbocycles. The largest absolute Gasteiger partial charge is 0.454 e. The molecule has 0 aromatic carbocycles. The highest BCUT2D eigenvalue weighted by molar-refractivity contribution is 5.80. The minimum Gasteiger partial charge on any atom is -0.454 e. The van der Waals surface area contributed by atoms with Crippen molar-refractivity contribution in [2.75, 3.05) is 13.2 Å². The zero-order valence-electron chi connectivity index (χ0n) is 44.3. The molecule has 1 aliphatic rings. The lowest BCUT2D eigenvalue weighted by molar-refractivity contribution is -0.305. The van der Waals surface area contributed by atoms with E-state index in [0.29, 0.717) is 12.8 Å². The topological polar surface area (TPSA) is 175 Å². The number of carbonyl (C=O) groups excluding carboxylic acids is 2. The van der Waals surface area contributed by atoms with Gasteiger partial charge in [-0.25, -0.2) is 0 Å². The van der Waals surface area contributed by atoms with Crippen LogP contribution in [0.1, 0.15) is 194 Å². The van der Waals surface area contributed by atoms with E-state index in [4.69, 9.17) is 14.2 Å². The van der Waals surface area contributed by atoms with Gasteiger partial charge in [-0.05, 0) is 70.6 Å². The van der Waals surface area contributed by atoms with E-state index >= 15 is 0 Å². The second kappa shape index (κ2) is 47.3. The number of allylic oxidation sites excluding steroid dienone is 17. The summed E-state index contributed by atoms with van der Waals surface area (Å²) in [5, 5.41) is 56.7. The highest BCUT2D eigenvalue weighted by Crippen LogP contribution is 2.26. The van der Waals surface area contributed by atoms with E-state index in [9.17, 15) is 35.1 Å². The van der Waals surface area contributed by atoms with Gasteiger partial charge in [0.05, 0.1) is 25.4 Å². The second-order valence-corrected chi connectivity index (χ2v) is 18.8. The number of nitrogens with one attached hydrogen (secondary N) is 1. The Kier molecular flexibility index (Phi) is 43.6. The van der Waals surface area contributed by atoms with Crippen LogP contribution in [0.3, 0.4) is 0 Å². The third-order valence-corrected chi connectivity index (χ3v) is 12.3. The van der Waals surface area contributed by atoms with Crippen molar-refractivity contribution >= 4 is 11.9 Å². The molecule has 0 bridgehead atoms. The lowest BCUT2D eigenvalue weighted by atomic mass is 9.99. The molecule has 6 N–H and O–H groups in total. The van der Waals surface area contributed by atoms with Crippen LogP contribution in [0, 0.1) is 0 Å². The van der Waals surface area contributed by atoms with Gasteiger partial charge < -0.3 is 45.1 Å². The summed E-state index contributed by atoms with van der Waals surface area (Å²) in [5.41, 5.74) is 0. The standard InChI is InChI=1S/C60H99NO10/c1-4-7-10-13-16-19-22-24-26-27-28-30-33-36-39-42-45-48-55(65)71-58-57(67)56(66)54(49-62)70-60(58)69-50-51(52(63)46-43-40-37-34-31-21-18-15-12-9-6-3)61-59(68)53(64)47-44-41-38-35-32-29-25-23-20-17-14-11-8-5-2/h7,10,13,16-17,19-20,22-28,30,33,43,46,51-54,56-58,60,62-64,66-67H,4-6,8-9,11-12,14-15,18,21,29,31-32,34-42,44-45,47-50H2,1-3H3,(H,61,68)/b10-7-,16-13+,20-17+,22-19+,25-23+,26-24-,28-27+,33-30+,46-43+. The van der Waals surface area contributed by atoms with Crippen LogP contribution in [0.2, 0.25) is 0 Å². The molecule has 0 aromatic heterocycles. The van der Waals surface area contributed by atoms with E-state index in [-0.39, 0.29) is 19.4 Å². The Morgan fingerprint density at radius 3 is 1.56 bits per heavy atom. The summed E-state index contributed by atoms with van der Waals surface area (Å²) >= 11 is 0. The van der Waals surface area contributed by atoms with Crippen LogP contribution >= 0.6 is 0 Å². The predicted octanol–water partition coefficient (Wildman–Crippen LogP) is 12.2. The van der Waals surface area contributed by atoms with Gasteiger partial charge in [0.15, 0.2) is 12.4 Å². The average Bonchev–Trinajstić information content (AvgIpc) is 3.37. The van der Waals surface area contributed by atoms with Crippen LogP contribution < -0.4 is 5.32 Å². The summed E-state index contributed by atoms with van der Waals surface area (Å²) in [5.74, 6) is -1.26. The predicted molar refractivity (Wildman–Crippen MR) is 291 cm³/mol. The molecule has 404 valence electrons. The fourth-order valence-electron chi connectivity index (χ4n) is 7.91. The second-order valence-electron chi connectivity index (χ2n) is 18.8. The van der Waals surface area contributed by atoms with E-state index in [1.807, 2.05) is 66.8 Å². The Hall–Kier alpha value is -3.68. The first kappa shape index (κ1) is 65.3. The fourth-order valence-corrected chi connectivity index (χ4v) is 7.91. The molecule has 71 heavy (non-hydrogen) atoms. The molecule has 11 heteroatoms. The van der Waals surface area contributed by atoms with E-state index in [0.717, 1.165) is 89.9 Å². The Balaban J connectivity index is 2.79. The maximum Gasteiger partial charge on any atom is 0.306 e. The van der Waals surface area contributed by atoms with Crippen LogP contribution in [-0.4, -0.2) is 99.6 Å². The third-order valence-electron chi connectivity index (χ3n) is 12.3. The Labute approximate surface area is 430 Å². The summed E-state index contributed by atoms with van der Waals surface area (Å²) in [7, 11) is 0. The summed E-state index contributed by atoms with van der Waals surface area (Å²) in [6.07, 6.45) is 52.7. The van der Waals surface area contributed by atoms with Crippen LogP contribution in [0.25, 0.3) is 0 Å². The van der Waals surface area contributed by atoms with Crippen LogP contribution in [0.15, 0.2) is 109 Å². The lowest BCUT2D eigenvalue weighted by Gasteiger charge is -2.41. The van der Waals surface area contributed by atoms with Gasteiger partial charge in [0, 0.05) is 6.42 Å². The number of aliphatic hydroxyl groups excluding tert-OH is 5. The van der Waals surface area contributed by atoms with Gasteiger partial charge in [-0.1, -0.05) is 226 Å². The number of esters is 1. The van der Waals surface area contributed by atoms with Crippen molar-refractivity contribution in [2.24, 2.45) is 0 Å². The van der Waals surface area contributed by atoms with Gasteiger partial charge in [-0.3, -0.25) is 9.59 Å². The normalized spacial score (nSPS) is 20.5. The highest BCUT2D eigenvalue weighted by atomic mass is 16.7. The molecule has 1 saturated heterocycles. The molecule has 0 spiro atoms. The summed E-state index contributed by atoms with van der Waals surface area (Å²) in [4.78, 5) is 26.4. The fraction of sp³-hybridized carbons (Fsp3) is 0.667. The number of aliphatic hydroxyl groups is 5. The molecular weight excluding hydrogens is 895 g/mol. The van der Waals surface area contributed by atoms with E-state index in [1.54, 1.807) is 6.08 Å². The molecule has 1 aliphatic heterocycles. The maximum atomic E-state index is 13.3. The van der Waals surface area contributed by atoms with E-state index in [1.165, 1.54) is 57.8 Å². The van der Waals surface area contributed by atoms with Crippen molar-refractivity contribution in [3.63, 3.8) is 0 Å². The molecule has 8 unspecified atom stereocenters. The minimum absolute atomic E-state index is 0.0645. The lowest BCUT2D eigenvalue weighted by Crippen LogP contribution is -2.61. The van der Waals surface area contributed by atoms with Crippen LogP contribution in [0.5, 0.6) is 0 Å². The smallest absolute Gasteiger partial charge is 0.306 e. The SMILES string of the molecule is CC\C=C/C=C/C=C/C=C\C=C\C=C\CCCCCC(=O)OC1C(OCC(NC(=O)C(O)CCCCCCC/C=C/C=C/CCCCC)C(O)/C=C/CCCCCCCCCCC)OC(CO)C(O)C1O. The van der Waals surface area contributed by atoms with E-state index in [2.05, 4.69) is 62.5 Å². The number of unbranched alkanes of at least 4 members (excludes halogenated alkanes) is 20. The van der Waals surface area contributed by atoms with Crippen LogP contribution in [0.4, 0.5) is 0 Å². The number of hydrogen-bond donors (Lipinski definition) is 6. The van der Waals surface area contributed by atoms with Crippen molar-refractivity contribution in [2.45, 2.75) is 243 Å². The molecule has 1 fully saturated rings. The zero-order chi connectivity index (χ0) is 51.8.